The molecule has 1 rings (SSSR count). The van der Waals surface area contributed by atoms with Crippen LogP contribution >= 0.6 is 11.6 Å². The van der Waals surface area contributed by atoms with E-state index >= 15 is 0 Å². The van der Waals surface area contributed by atoms with Crippen LogP contribution in [0.1, 0.15) is 0 Å². The van der Waals surface area contributed by atoms with Gasteiger partial charge in [-0.2, -0.15) is 20.9 Å². The van der Waals surface area contributed by atoms with E-state index in [4.69, 9.17) is 33.1 Å². The van der Waals surface area contributed by atoms with E-state index in [9.17, 15) is 10.1 Å². The molecule has 0 unspecified atom stereocenters. The minimum absolute atomic E-state index is 0.00131. The van der Waals surface area contributed by atoms with Gasteiger partial charge in [-0.1, -0.05) is 11.6 Å². The number of nitrogens with one attached hydrogen (secondary N) is 1. The number of rotatable bonds is 4. The first kappa shape index (κ1) is 16.4. The second-order valence-corrected chi connectivity index (χ2v) is 4.02. The topological polar surface area (TPSA) is 165 Å². The lowest BCUT2D eigenvalue weighted by atomic mass is 10.2. The molecule has 10 heteroatoms. The molecule has 1 aromatic rings. The number of halogens is 1. The molecule has 0 saturated carbocycles. The van der Waals surface area contributed by atoms with Crippen LogP contribution in [-0.4, -0.2) is 10.6 Å². The third-order valence-electron chi connectivity index (χ3n) is 2.31. The molecule has 0 aliphatic heterocycles. The number of nitro benzene ring substituents is 1. The number of hydrogen-bond acceptors (Lipinski definition) is 8. The molecular formula is C12H6ClN7O2. The Hall–Kier alpha value is -3.61. The zero-order valence-corrected chi connectivity index (χ0v) is 11.5. The summed E-state index contributed by atoms with van der Waals surface area (Å²) in [7, 11) is 0. The number of hydrogen-bond donors (Lipinski definition) is 2. The van der Waals surface area contributed by atoms with Gasteiger partial charge < -0.3 is 5.73 Å². The highest BCUT2D eigenvalue weighted by molar-refractivity contribution is 6.33. The van der Waals surface area contributed by atoms with E-state index in [1.165, 1.54) is 24.3 Å². The van der Waals surface area contributed by atoms with Crippen molar-refractivity contribution in [3.05, 3.63) is 44.6 Å². The minimum Gasteiger partial charge on any atom is -0.395 e. The first-order chi connectivity index (χ1) is 10.4. The van der Waals surface area contributed by atoms with E-state index in [1.807, 2.05) is 0 Å². The molecule has 0 radical (unpaired) electrons. The number of nitrogens with two attached hydrogens (primary N) is 1. The number of allylic oxidation sites excluding steroid dienone is 2. The quantitative estimate of drug-likeness (QED) is 0.370. The number of nitriles is 3. The van der Waals surface area contributed by atoms with E-state index < -0.39 is 21.9 Å². The predicted octanol–water partition coefficient (Wildman–Crippen LogP) is 1.80. The summed E-state index contributed by atoms with van der Waals surface area (Å²) in [6, 6.07) is 8.25. The van der Waals surface area contributed by atoms with E-state index in [0.717, 1.165) is 6.07 Å². The van der Waals surface area contributed by atoms with Crippen molar-refractivity contribution in [3.8, 4) is 18.2 Å². The second kappa shape index (κ2) is 7.25. The van der Waals surface area contributed by atoms with Crippen molar-refractivity contribution >= 4 is 28.7 Å². The highest BCUT2D eigenvalue weighted by Gasteiger charge is 2.11. The average molecular weight is 316 g/mol. The molecule has 0 atom stereocenters. The Balaban J connectivity index is 3.13. The fourth-order valence-corrected chi connectivity index (χ4v) is 1.45. The molecule has 0 aliphatic rings. The lowest BCUT2D eigenvalue weighted by Crippen LogP contribution is -2.14. The zero-order chi connectivity index (χ0) is 16.7. The number of nitrogens with zero attached hydrogens (tertiary/aromatic N) is 5. The van der Waals surface area contributed by atoms with Crippen LogP contribution in [0.15, 0.2) is 34.6 Å². The first-order valence-electron chi connectivity index (χ1n) is 5.42. The van der Waals surface area contributed by atoms with Crippen LogP contribution in [0.3, 0.4) is 0 Å². The molecule has 22 heavy (non-hydrogen) atoms. The van der Waals surface area contributed by atoms with Crippen molar-refractivity contribution < 1.29 is 4.92 Å². The summed E-state index contributed by atoms with van der Waals surface area (Å²) >= 11 is 5.83. The normalized spacial score (nSPS) is 9.82. The van der Waals surface area contributed by atoms with Gasteiger partial charge in [-0.15, -0.1) is 0 Å². The van der Waals surface area contributed by atoms with Crippen molar-refractivity contribution in [1.82, 2.24) is 0 Å². The Morgan fingerprint density at radius 2 is 1.95 bits per heavy atom. The van der Waals surface area contributed by atoms with E-state index in [0.29, 0.717) is 0 Å². The van der Waals surface area contributed by atoms with Crippen LogP contribution in [0.25, 0.3) is 0 Å². The maximum absolute atomic E-state index is 10.6. The van der Waals surface area contributed by atoms with Crippen LogP contribution < -0.4 is 11.2 Å². The highest BCUT2D eigenvalue weighted by atomic mass is 35.5. The Kier molecular flexibility index (Phi) is 5.42. The summed E-state index contributed by atoms with van der Waals surface area (Å²) in [5, 5.41) is 40.5. The minimum atomic E-state index is -0.619. The van der Waals surface area contributed by atoms with Crippen LogP contribution in [-0.2, 0) is 0 Å². The van der Waals surface area contributed by atoms with Crippen molar-refractivity contribution in [2.75, 3.05) is 5.43 Å². The van der Waals surface area contributed by atoms with Gasteiger partial charge in [0.25, 0.3) is 5.69 Å². The summed E-state index contributed by atoms with van der Waals surface area (Å²) < 4.78 is 0. The van der Waals surface area contributed by atoms with E-state index in [1.54, 1.807) is 6.07 Å². The van der Waals surface area contributed by atoms with Gasteiger partial charge in [0.05, 0.1) is 21.3 Å². The van der Waals surface area contributed by atoms with Crippen LogP contribution in [0, 0.1) is 44.1 Å². The Labute approximate surface area is 129 Å². The molecule has 0 spiro atoms. The largest absolute Gasteiger partial charge is 0.395 e. The lowest BCUT2D eigenvalue weighted by Gasteiger charge is -2.04. The van der Waals surface area contributed by atoms with E-state index in [-0.39, 0.29) is 16.4 Å². The van der Waals surface area contributed by atoms with Gasteiger partial charge in [-0.25, -0.2) is 0 Å². The van der Waals surface area contributed by atoms with Crippen LogP contribution in [0.2, 0.25) is 5.02 Å². The van der Waals surface area contributed by atoms with Gasteiger partial charge in [-0.05, 0) is 6.07 Å². The van der Waals surface area contributed by atoms with Gasteiger partial charge in [0, 0.05) is 12.1 Å². The molecule has 108 valence electrons. The maximum Gasteiger partial charge on any atom is 0.271 e. The molecule has 1 aromatic carbocycles. The lowest BCUT2D eigenvalue weighted by molar-refractivity contribution is -0.384. The number of anilines is 1. The van der Waals surface area contributed by atoms with Gasteiger partial charge in [0.2, 0.25) is 0 Å². The molecule has 0 aromatic heterocycles. The number of hydrazone groups is 1. The third kappa shape index (κ3) is 3.70. The molecule has 0 saturated heterocycles. The summed E-state index contributed by atoms with van der Waals surface area (Å²) in [6.07, 6.45) is 0. The Bertz CT molecular complexity index is 792. The SMILES string of the molecule is N#CC(=NNc1ccc([N+](=O)[O-])cc1Cl)C(N)=C(C#N)C#N. The standard InChI is InChI=1S/C12H6ClN7O2/c13-9-3-8(20(21)22)1-2-10(9)18-19-11(6-16)12(17)7(4-14)5-15/h1-3,18H,17H2. The Morgan fingerprint density at radius 3 is 2.41 bits per heavy atom. The molecule has 9 nitrogen and oxygen atoms in total. The fourth-order valence-electron chi connectivity index (χ4n) is 1.23. The first-order valence-corrected chi connectivity index (χ1v) is 5.80. The summed E-state index contributed by atoms with van der Waals surface area (Å²) in [5.41, 5.74) is 6.59. The molecule has 0 fully saturated rings. The average Bonchev–Trinajstić information content (AvgIpc) is 2.50. The maximum atomic E-state index is 10.6. The third-order valence-corrected chi connectivity index (χ3v) is 2.62. The zero-order valence-electron chi connectivity index (χ0n) is 10.7. The van der Waals surface area contributed by atoms with Gasteiger partial charge in [0.1, 0.15) is 18.2 Å². The summed E-state index contributed by atoms with van der Waals surface area (Å²) in [5.74, 6) is 0. The molecular weight excluding hydrogens is 310 g/mol. The highest BCUT2D eigenvalue weighted by Crippen LogP contribution is 2.26. The summed E-state index contributed by atoms with van der Waals surface area (Å²) in [4.78, 5) is 9.96. The monoisotopic (exact) mass is 315 g/mol. The second-order valence-electron chi connectivity index (χ2n) is 3.62. The van der Waals surface area contributed by atoms with E-state index in [2.05, 4.69) is 10.5 Å². The van der Waals surface area contributed by atoms with Crippen molar-refractivity contribution in [3.63, 3.8) is 0 Å². The van der Waals surface area contributed by atoms with Crippen molar-refractivity contribution in [2.24, 2.45) is 10.8 Å². The predicted molar refractivity (Wildman–Crippen MR) is 77.2 cm³/mol. The number of nitro groups is 1. The fraction of sp³-hybridized carbons (Fsp3) is 0. The van der Waals surface area contributed by atoms with Crippen molar-refractivity contribution in [2.45, 2.75) is 0 Å². The van der Waals surface area contributed by atoms with Crippen LogP contribution in [0.4, 0.5) is 11.4 Å². The molecule has 0 aliphatic carbocycles. The number of benzene rings is 1. The van der Waals surface area contributed by atoms with Gasteiger partial charge >= 0.3 is 0 Å². The molecule has 0 heterocycles. The Morgan fingerprint density at radius 1 is 1.32 bits per heavy atom. The summed E-state index contributed by atoms with van der Waals surface area (Å²) in [6.45, 7) is 0. The van der Waals surface area contributed by atoms with Crippen molar-refractivity contribution in [1.29, 1.82) is 15.8 Å². The van der Waals surface area contributed by atoms with Gasteiger partial charge in [0.15, 0.2) is 11.3 Å². The number of non-ortho nitro benzene ring substituents is 1. The smallest absolute Gasteiger partial charge is 0.271 e. The molecule has 0 amide bonds. The van der Waals surface area contributed by atoms with Gasteiger partial charge in [-0.3, -0.25) is 15.5 Å². The molecule has 0 bridgehead atoms. The molecule has 3 N–H and O–H groups in total. The van der Waals surface area contributed by atoms with Crippen LogP contribution in [0.5, 0.6) is 0 Å².